The lowest BCUT2D eigenvalue weighted by Crippen LogP contribution is -2.09. The highest BCUT2D eigenvalue weighted by molar-refractivity contribution is 6.32. The van der Waals surface area contributed by atoms with Gasteiger partial charge in [0.05, 0.1) is 23.5 Å². The van der Waals surface area contributed by atoms with Gasteiger partial charge in [-0.3, -0.25) is 4.68 Å². The quantitative estimate of drug-likeness (QED) is 0.937. The van der Waals surface area contributed by atoms with Crippen LogP contribution in [-0.4, -0.2) is 22.0 Å². The maximum atomic E-state index is 10.5. The van der Waals surface area contributed by atoms with Crippen LogP contribution >= 0.6 is 11.6 Å². The molecule has 19 heavy (non-hydrogen) atoms. The lowest BCUT2D eigenvalue weighted by Gasteiger charge is -2.14. The van der Waals surface area contributed by atoms with Gasteiger partial charge in [-0.15, -0.1) is 0 Å². The smallest absolute Gasteiger partial charge is 0.137 e. The molecule has 0 aliphatic carbocycles. The lowest BCUT2D eigenvalue weighted by molar-refractivity contribution is 0.207. The number of benzene rings is 1. The molecular weight excluding hydrogens is 264 g/mol. The zero-order valence-electron chi connectivity index (χ0n) is 11.2. The van der Waals surface area contributed by atoms with E-state index in [2.05, 4.69) is 5.10 Å². The Morgan fingerprint density at radius 1 is 1.42 bits per heavy atom. The third kappa shape index (κ3) is 2.74. The SMILES string of the molecule is CCn1nc(C)cc1C(O)c1ccc(Cl)c(OC)c1. The molecule has 0 bridgehead atoms. The van der Waals surface area contributed by atoms with Gasteiger partial charge in [-0.1, -0.05) is 17.7 Å². The van der Waals surface area contributed by atoms with Crippen molar-refractivity contribution < 1.29 is 9.84 Å². The third-order valence-corrected chi connectivity index (χ3v) is 3.32. The maximum absolute atomic E-state index is 10.5. The van der Waals surface area contributed by atoms with Crippen LogP contribution in [0.2, 0.25) is 5.02 Å². The summed E-state index contributed by atoms with van der Waals surface area (Å²) in [6.45, 7) is 4.61. The molecule has 102 valence electrons. The summed E-state index contributed by atoms with van der Waals surface area (Å²) in [5.41, 5.74) is 2.39. The fourth-order valence-corrected chi connectivity index (χ4v) is 2.25. The molecule has 5 heteroatoms. The fraction of sp³-hybridized carbons (Fsp3) is 0.357. The van der Waals surface area contributed by atoms with Crippen LogP contribution in [0.5, 0.6) is 5.75 Å². The number of hydrogen-bond donors (Lipinski definition) is 1. The Kier molecular flexibility index (Phi) is 4.12. The monoisotopic (exact) mass is 280 g/mol. The summed E-state index contributed by atoms with van der Waals surface area (Å²) in [5.74, 6) is 0.553. The van der Waals surface area contributed by atoms with Crippen molar-refractivity contribution in [3.05, 3.63) is 46.2 Å². The molecule has 0 spiro atoms. The molecular formula is C14H17ClN2O2. The van der Waals surface area contributed by atoms with E-state index in [1.54, 1.807) is 30.0 Å². The maximum Gasteiger partial charge on any atom is 0.137 e. The number of methoxy groups -OCH3 is 1. The van der Waals surface area contributed by atoms with Crippen LogP contribution in [0.3, 0.4) is 0 Å². The summed E-state index contributed by atoms with van der Waals surface area (Å²) >= 11 is 5.99. The minimum atomic E-state index is -0.743. The molecule has 1 aromatic heterocycles. The minimum Gasteiger partial charge on any atom is -0.495 e. The molecule has 0 saturated heterocycles. The summed E-state index contributed by atoms with van der Waals surface area (Å²) in [7, 11) is 1.55. The Morgan fingerprint density at radius 3 is 2.79 bits per heavy atom. The molecule has 1 N–H and O–H groups in total. The topological polar surface area (TPSA) is 47.3 Å². The summed E-state index contributed by atoms with van der Waals surface area (Å²) in [5, 5.41) is 15.3. The molecule has 0 saturated carbocycles. The predicted octanol–water partition coefficient (Wildman–Crippen LogP) is 2.96. The van der Waals surface area contributed by atoms with Gasteiger partial charge in [-0.2, -0.15) is 5.10 Å². The van der Waals surface area contributed by atoms with Crippen molar-refractivity contribution in [1.82, 2.24) is 9.78 Å². The van der Waals surface area contributed by atoms with Crippen LogP contribution in [0.25, 0.3) is 0 Å². The Morgan fingerprint density at radius 2 is 2.16 bits per heavy atom. The van der Waals surface area contributed by atoms with E-state index >= 15 is 0 Å². The van der Waals surface area contributed by atoms with Gasteiger partial charge in [0.2, 0.25) is 0 Å². The zero-order chi connectivity index (χ0) is 14.0. The molecule has 0 fully saturated rings. The van der Waals surface area contributed by atoms with Gasteiger partial charge in [0.1, 0.15) is 11.9 Å². The molecule has 1 heterocycles. The van der Waals surface area contributed by atoms with Crippen molar-refractivity contribution in [1.29, 1.82) is 0 Å². The third-order valence-electron chi connectivity index (χ3n) is 3.00. The van der Waals surface area contributed by atoms with E-state index in [1.807, 2.05) is 19.9 Å². The van der Waals surface area contributed by atoms with E-state index in [0.717, 1.165) is 17.0 Å². The van der Waals surface area contributed by atoms with E-state index in [-0.39, 0.29) is 0 Å². The Hall–Kier alpha value is -1.52. The first kappa shape index (κ1) is 13.9. The van der Waals surface area contributed by atoms with E-state index in [4.69, 9.17) is 16.3 Å². The molecule has 1 atom stereocenters. The highest BCUT2D eigenvalue weighted by atomic mass is 35.5. The number of aromatic nitrogens is 2. The van der Waals surface area contributed by atoms with Gasteiger partial charge in [0.15, 0.2) is 0 Å². The highest BCUT2D eigenvalue weighted by Gasteiger charge is 2.17. The van der Waals surface area contributed by atoms with Crippen molar-refractivity contribution >= 4 is 11.6 Å². The van der Waals surface area contributed by atoms with Crippen molar-refractivity contribution in [2.45, 2.75) is 26.5 Å². The normalized spacial score (nSPS) is 12.5. The summed E-state index contributed by atoms with van der Waals surface area (Å²) in [6, 6.07) is 7.14. The molecule has 0 radical (unpaired) electrons. The molecule has 0 aliphatic rings. The van der Waals surface area contributed by atoms with Crippen LogP contribution < -0.4 is 4.74 Å². The number of aliphatic hydroxyl groups is 1. The van der Waals surface area contributed by atoms with Gasteiger partial charge >= 0.3 is 0 Å². The van der Waals surface area contributed by atoms with Crippen molar-refractivity contribution in [3.8, 4) is 5.75 Å². The average Bonchev–Trinajstić information content (AvgIpc) is 2.79. The van der Waals surface area contributed by atoms with Crippen molar-refractivity contribution in [2.75, 3.05) is 7.11 Å². The second-order valence-electron chi connectivity index (χ2n) is 4.32. The molecule has 2 rings (SSSR count). The highest BCUT2D eigenvalue weighted by Crippen LogP contribution is 2.30. The number of aliphatic hydroxyl groups excluding tert-OH is 1. The van der Waals surface area contributed by atoms with Crippen LogP contribution in [0, 0.1) is 6.92 Å². The first-order valence-electron chi connectivity index (χ1n) is 6.12. The van der Waals surface area contributed by atoms with E-state index < -0.39 is 6.10 Å². The van der Waals surface area contributed by atoms with Gasteiger partial charge in [-0.05, 0) is 37.6 Å². The number of aryl methyl sites for hydroxylation is 2. The Labute approximate surface area is 117 Å². The Bertz CT molecular complexity index is 581. The summed E-state index contributed by atoms with van der Waals surface area (Å²) < 4.78 is 6.96. The minimum absolute atomic E-state index is 0.527. The zero-order valence-corrected chi connectivity index (χ0v) is 12.0. The average molecular weight is 281 g/mol. The second-order valence-corrected chi connectivity index (χ2v) is 4.73. The summed E-state index contributed by atoms with van der Waals surface area (Å²) in [4.78, 5) is 0. The van der Waals surface area contributed by atoms with Gasteiger partial charge in [0, 0.05) is 6.54 Å². The molecule has 0 aliphatic heterocycles. The molecule has 0 amide bonds. The standard InChI is InChI=1S/C14H17ClN2O2/c1-4-17-12(7-9(2)16-17)14(18)10-5-6-11(15)13(8-10)19-3/h5-8,14,18H,4H2,1-3H3. The van der Waals surface area contributed by atoms with Crippen LogP contribution in [-0.2, 0) is 6.54 Å². The first-order valence-corrected chi connectivity index (χ1v) is 6.50. The lowest BCUT2D eigenvalue weighted by atomic mass is 10.1. The second kappa shape index (κ2) is 5.63. The number of nitrogens with zero attached hydrogens (tertiary/aromatic N) is 2. The molecule has 1 aromatic carbocycles. The predicted molar refractivity (Wildman–Crippen MR) is 74.7 cm³/mol. The van der Waals surface area contributed by atoms with E-state index in [0.29, 0.717) is 17.3 Å². The van der Waals surface area contributed by atoms with Crippen LogP contribution in [0.1, 0.15) is 30.0 Å². The fourth-order valence-electron chi connectivity index (χ4n) is 2.06. The number of hydrogen-bond acceptors (Lipinski definition) is 3. The molecule has 4 nitrogen and oxygen atoms in total. The van der Waals surface area contributed by atoms with Gasteiger partial charge < -0.3 is 9.84 Å². The number of ether oxygens (including phenoxy) is 1. The van der Waals surface area contributed by atoms with Crippen molar-refractivity contribution in [3.63, 3.8) is 0 Å². The number of halogens is 1. The van der Waals surface area contributed by atoms with Gasteiger partial charge in [0.25, 0.3) is 0 Å². The Balaban J connectivity index is 2.40. The number of rotatable bonds is 4. The molecule has 1 unspecified atom stereocenters. The van der Waals surface area contributed by atoms with Crippen molar-refractivity contribution in [2.24, 2.45) is 0 Å². The van der Waals surface area contributed by atoms with Gasteiger partial charge in [-0.25, -0.2) is 0 Å². The largest absolute Gasteiger partial charge is 0.495 e. The van der Waals surface area contributed by atoms with E-state index in [1.165, 1.54) is 0 Å². The first-order chi connectivity index (χ1) is 9.06. The molecule has 2 aromatic rings. The van der Waals surface area contributed by atoms with Crippen LogP contribution in [0.15, 0.2) is 24.3 Å². The van der Waals surface area contributed by atoms with E-state index in [9.17, 15) is 5.11 Å². The summed E-state index contributed by atoms with van der Waals surface area (Å²) in [6.07, 6.45) is -0.743. The van der Waals surface area contributed by atoms with Crippen LogP contribution in [0.4, 0.5) is 0 Å².